The van der Waals surface area contributed by atoms with Crippen LogP contribution in [0.2, 0.25) is 0 Å². The van der Waals surface area contributed by atoms with E-state index in [1.807, 2.05) is 12.1 Å². The van der Waals surface area contributed by atoms with Gasteiger partial charge in [-0.15, -0.1) is 0 Å². The molecule has 1 aromatic rings. The van der Waals surface area contributed by atoms with Crippen LogP contribution in [0.1, 0.15) is 24.0 Å². The van der Waals surface area contributed by atoms with E-state index < -0.39 is 0 Å². The van der Waals surface area contributed by atoms with E-state index in [1.54, 1.807) is 12.1 Å². The Morgan fingerprint density at radius 1 is 1.42 bits per heavy atom. The molecule has 2 saturated heterocycles. The van der Waals surface area contributed by atoms with Crippen molar-refractivity contribution in [1.82, 2.24) is 10.2 Å². The van der Waals surface area contributed by atoms with Crippen LogP contribution in [-0.2, 0) is 11.3 Å². The standard InChI is InChI=1S/C15H17N3O/c16-8-11-1-3-12(4-2-11)9-17-15(19)13-7-14-5-6-18(14)10-13/h1-4,13-14H,5-7,9-10H2,(H,17,19)/t13?,14-/m1/s1. The van der Waals surface area contributed by atoms with Crippen molar-refractivity contribution < 1.29 is 4.79 Å². The normalized spacial score (nSPS) is 25.2. The van der Waals surface area contributed by atoms with Gasteiger partial charge >= 0.3 is 0 Å². The monoisotopic (exact) mass is 255 g/mol. The molecule has 3 rings (SSSR count). The zero-order valence-electron chi connectivity index (χ0n) is 10.8. The van der Waals surface area contributed by atoms with Crippen LogP contribution in [0.5, 0.6) is 0 Å². The number of nitriles is 1. The Hall–Kier alpha value is -1.86. The van der Waals surface area contributed by atoms with Crippen LogP contribution in [0, 0.1) is 17.2 Å². The smallest absolute Gasteiger partial charge is 0.224 e. The van der Waals surface area contributed by atoms with E-state index in [2.05, 4.69) is 16.3 Å². The summed E-state index contributed by atoms with van der Waals surface area (Å²) < 4.78 is 0. The highest BCUT2D eigenvalue weighted by atomic mass is 16.1. The quantitative estimate of drug-likeness (QED) is 0.885. The summed E-state index contributed by atoms with van der Waals surface area (Å²) in [7, 11) is 0. The number of carbonyl (C=O) groups is 1. The minimum Gasteiger partial charge on any atom is -0.352 e. The highest BCUT2D eigenvalue weighted by Gasteiger charge is 2.40. The van der Waals surface area contributed by atoms with Gasteiger partial charge in [0.05, 0.1) is 17.6 Å². The second kappa shape index (κ2) is 5.02. The van der Waals surface area contributed by atoms with Crippen molar-refractivity contribution in [3.8, 4) is 6.07 Å². The third-order valence-electron chi connectivity index (χ3n) is 4.20. The fourth-order valence-electron chi connectivity index (χ4n) is 2.91. The Kier molecular flexibility index (Phi) is 3.22. The van der Waals surface area contributed by atoms with E-state index in [4.69, 9.17) is 5.26 Å². The molecule has 1 N–H and O–H groups in total. The molecule has 2 atom stereocenters. The number of nitrogens with one attached hydrogen (secondary N) is 1. The molecule has 0 aromatic heterocycles. The number of rotatable bonds is 3. The fourth-order valence-corrected chi connectivity index (χ4v) is 2.91. The van der Waals surface area contributed by atoms with Crippen molar-refractivity contribution in [3.05, 3.63) is 35.4 Å². The molecular weight excluding hydrogens is 238 g/mol. The molecule has 2 aliphatic rings. The summed E-state index contributed by atoms with van der Waals surface area (Å²) in [5, 5.41) is 11.7. The average Bonchev–Trinajstić information content (AvgIpc) is 2.72. The number of hydrogen-bond acceptors (Lipinski definition) is 3. The summed E-state index contributed by atoms with van der Waals surface area (Å²) in [6, 6.07) is 10.1. The maximum Gasteiger partial charge on any atom is 0.224 e. The first kappa shape index (κ1) is 12.2. The van der Waals surface area contributed by atoms with E-state index in [-0.39, 0.29) is 11.8 Å². The average molecular weight is 255 g/mol. The number of nitrogens with zero attached hydrogens (tertiary/aromatic N) is 2. The van der Waals surface area contributed by atoms with Gasteiger partial charge in [0.2, 0.25) is 5.91 Å². The summed E-state index contributed by atoms with van der Waals surface area (Å²) in [6.07, 6.45) is 2.26. The molecule has 4 nitrogen and oxygen atoms in total. The van der Waals surface area contributed by atoms with E-state index in [1.165, 1.54) is 6.42 Å². The first-order valence-electron chi connectivity index (χ1n) is 6.77. The molecule has 98 valence electrons. The molecule has 1 aromatic carbocycles. The first-order chi connectivity index (χ1) is 9.26. The highest BCUT2D eigenvalue weighted by molar-refractivity contribution is 5.79. The minimum absolute atomic E-state index is 0.158. The minimum atomic E-state index is 0.158. The summed E-state index contributed by atoms with van der Waals surface area (Å²) in [5.74, 6) is 0.324. The molecule has 0 aliphatic carbocycles. The van der Waals surface area contributed by atoms with Gasteiger partial charge in [-0.3, -0.25) is 9.69 Å². The van der Waals surface area contributed by atoms with Crippen LogP contribution >= 0.6 is 0 Å². The van der Waals surface area contributed by atoms with Crippen LogP contribution in [0.15, 0.2) is 24.3 Å². The Labute approximate surface area is 113 Å². The number of amides is 1. The lowest BCUT2D eigenvalue weighted by molar-refractivity contribution is -0.124. The molecule has 0 saturated carbocycles. The molecule has 0 spiro atoms. The van der Waals surface area contributed by atoms with Crippen molar-refractivity contribution >= 4 is 5.91 Å². The van der Waals surface area contributed by atoms with E-state index in [9.17, 15) is 4.79 Å². The molecule has 2 heterocycles. The third kappa shape index (κ3) is 2.47. The Bertz CT molecular complexity index is 505. The van der Waals surface area contributed by atoms with Crippen molar-refractivity contribution in [2.75, 3.05) is 13.1 Å². The first-order valence-corrected chi connectivity index (χ1v) is 6.77. The van der Waals surface area contributed by atoms with Gasteiger partial charge in [-0.25, -0.2) is 0 Å². The summed E-state index contributed by atoms with van der Waals surface area (Å²) in [6.45, 7) is 2.62. The van der Waals surface area contributed by atoms with Gasteiger partial charge in [-0.05, 0) is 37.1 Å². The van der Waals surface area contributed by atoms with Gasteiger partial charge < -0.3 is 5.32 Å². The predicted octanol–water partition coefficient (Wildman–Crippen LogP) is 1.27. The molecule has 1 amide bonds. The summed E-state index contributed by atoms with van der Waals surface area (Å²) in [4.78, 5) is 14.5. The predicted molar refractivity (Wildman–Crippen MR) is 71.1 cm³/mol. The topological polar surface area (TPSA) is 56.1 Å². The highest BCUT2D eigenvalue weighted by Crippen LogP contribution is 2.32. The molecule has 0 radical (unpaired) electrons. The molecule has 19 heavy (non-hydrogen) atoms. The molecule has 1 unspecified atom stereocenters. The van der Waals surface area contributed by atoms with E-state index in [0.29, 0.717) is 18.2 Å². The zero-order valence-corrected chi connectivity index (χ0v) is 10.8. The van der Waals surface area contributed by atoms with Crippen molar-refractivity contribution in [2.45, 2.75) is 25.4 Å². The van der Waals surface area contributed by atoms with Crippen molar-refractivity contribution in [1.29, 1.82) is 5.26 Å². The maximum atomic E-state index is 12.1. The molecular formula is C15H17N3O. The molecule has 4 heteroatoms. The maximum absolute atomic E-state index is 12.1. The van der Waals surface area contributed by atoms with Gasteiger partial charge in [-0.1, -0.05) is 12.1 Å². The second-order valence-electron chi connectivity index (χ2n) is 5.40. The van der Waals surface area contributed by atoms with Crippen LogP contribution in [0.25, 0.3) is 0 Å². The van der Waals surface area contributed by atoms with Gasteiger partial charge in [0.25, 0.3) is 0 Å². The number of benzene rings is 1. The van der Waals surface area contributed by atoms with Gasteiger partial charge in [0, 0.05) is 19.1 Å². The molecule has 2 aliphatic heterocycles. The largest absolute Gasteiger partial charge is 0.352 e. The molecule has 2 fully saturated rings. The SMILES string of the molecule is N#Cc1ccc(CNC(=O)C2C[C@H]3CCN3C2)cc1. The van der Waals surface area contributed by atoms with E-state index >= 15 is 0 Å². The van der Waals surface area contributed by atoms with Crippen LogP contribution in [0.3, 0.4) is 0 Å². The van der Waals surface area contributed by atoms with Gasteiger partial charge in [0.1, 0.15) is 0 Å². The van der Waals surface area contributed by atoms with Crippen LogP contribution < -0.4 is 5.32 Å². The van der Waals surface area contributed by atoms with E-state index in [0.717, 1.165) is 25.1 Å². The molecule has 0 bridgehead atoms. The third-order valence-corrected chi connectivity index (χ3v) is 4.20. The Balaban J connectivity index is 1.51. The van der Waals surface area contributed by atoms with Crippen LogP contribution in [0.4, 0.5) is 0 Å². The summed E-state index contributed by atoms with van der Waals surface area (Å²) >= 11 is 0. The fraction of sp³-hybridized carbons (Fsp3) is 0.467. The second-order valence-corrected chi connectivity index (χ2v) is 5.40. The number of carbonyl (C=O) groups excluding carboxylic acids is 1. The summed E-state index contributed by atoms with van der Waals surface area (Å²) in [5.41, 5.74) is 1.68. The van der Waals surface area contributed by atoms with Gasteiger partial charge in [-0.2, -0.15) is 5.26 Å². The number of fused-ring (bicyclic) bond motifs is 1. The Morgan fingerprint density at radius 3 is 2.74 bits per heavy atom. The lowest BCUT2D eigenvalue weighted by atomic mass is 10.0. The van der Waals surface area contributed by atoms with Crippen LogP contribution in [-0.4, -0.2) is 29.9 Å². The Morgan fingerprint density at radius 2 is 2.21 bits per heavy atom. The number of hydrogen-bond donors (Lipinski definition) is 1. The zero-order chi connectivity index (χ0) is 13.2. The van der Waals surface area contributed by atoms with Crippen molar-refractivity contribution in [2.24, 2.45) is 5.92 Å². The van der Waals surface area contributed by atoms with Crippen molar-refractivity contribution in [3.63, 3.8) is 0 Å². The lowest BCUT2D eigenvalue weighted by Crippen LogP contribution is -2.42. The lowest BCUT2D eigenvalue weighted by Gasteiger charge is -2.34. The van der Waals surface area contributed by atoms with Gasteiger partial charge in [0.15, 0.2) is 0 Å².